The number of hydrogen-bond acceptors (Lipinski definition) is 6. The third-order valence-corrected chi connectivity index (χ3v) is 12.8. The highest BCUT2D eigenvalue weighted by Gasteiger charge is 2.30. The Balaban J connectivity index is 5.43. The van der Waals surface area contributed by atoms with Crippen LogP contribution in [0.5, 0.6) is 0 Å². The number of esters is 1. The summed E-state index contributed by atoms with van der Waals surface area (Å²) < 4.78 is 30.5. The molecule has 9 nitrogen and oxygen atoms in total. The summed E-state index contributed by atoms with van der Waals surface area (Å²) in [6.45, 7) is 6.81. The SMILES string of the molecule is CC/C=C\C/C=C\C/C=C\C/C=C\C/C=C\CCCCCC(=O)OC(/C=C\CCCCCCCCCCCCC)C(COP(=O)(O)OCC[N+](C)(C)C)NC(=O)CCCCCCC/C=C\CCCC. The van der Waals surface area contributed by atoms with Crippen LogP contribution in [0.4, 0.5) is 0 Å². The summed E-state index contributed by atoms with van der Waals surface area (Å²) in [5, 5.41) is 3.02. The van der Waals surface area contributed by atoms with Crippen LogP contribution in [-0.2, 0) is 27.9 Å². The number of amides is 1. The summed E-state index contributed by atoms with van der Waals surface area (Å²) in [4.78, 5) is 37.5. The van der Waals surface area contributed by atoms with Crippen molar-refractivity contribution in [2.45, 2.75) is 238 Å². The molecule has 0 fully saturated rings. The molecule has 0 saturated carbocycles. The normalized spacial score (nSPS) is 14.5. The predicted octanol–water partition coefficient (Wildman–Crippen LogP) is 16.7. The molecule has 3 atom stereocenters. The number of nitrogens with zero attached hydrogens (tertiary/aromatic N) is 1. The molecule has 0 bridgehead atoms. The van der Waals surface area contributed by atoms with Crippen molar-refractivity contribution in [3.8, 4) is 0 Å². The van der Waals surface area contributed by atoms with Gasteiger partial charge in [-0.05, 0) is 96.0 Å². The average Bonchev–Trinajstić information content (AvgIpc) is 3.31. The van der Waals surface area contributed by atoms with Gasteiger partial charge in [-0.25, -0.2) is 4.57 Å². The molecule has 0 heterocycles. The Hall–Kier alpha value is -2.81. The van der Waals surface area contributed by atoms with Crippen molar-refractivity contribution in [2.24, 2.45) is 0 Å². The molecule has 398 valence electrons. The number of likely N-dealkylation sites (N-methyl/N-ethyl adjacent to an activating group) is 1. The number of hydrogen-bond donors (Lipinski definition) is 2. The van der Waals surface area contributed by atoms with Gasteiger partial charge >= 0.3 is 13.8 Å². The molecule has 10 heteroatoms. The van der Waals surface area contributed by atoms with Crippen LogP contribution in [-0.4, -0.2) is 74.3 Å². The highest BCUT2D eigenvalue weighted by molar-refractivity contribution is 7.47. The lowest BCUT2D eigenvalue weighted by molar-refractivity contribution is -0.870. The van der Waals surface area contributed by atoms with Gasteiger partial charge in [0.1, 0.15) is 19.3 Å². The first kappa shape index (κ1) is 66.2. The van der Waals surface area contributed by atoms with Gasteiger partial charge in [0.2, 0.25) is 5.91 Å². The van der Waals surface area contributed by atoms with Crippen LogP contribution in [0.1, 0.15) is 226 Å². The van der Waals surface area contributed by atoms with Gasteiger partial charge in [0.05, 0.1) is 33.8 Å². The first-order valence-electron chi connectivity index (χ1n) is 27.9. The van der Waals surface area contributed by atoms with Gasteiger partial charge in [0.15, 0.2) is 0 Å². The van der Waals surface area contributed by atoms with Crippen molar-refractivity contribution in [1.29, 1.82) is 0 Å². The third kappa shape index (κ3) is 49.9. The first-order chi connectivity index (χ1) is 33.4. The highest BCUT2D eigenvalue weighted by atomic mass is 31.2. The number of allylic oxidation sites excluding steroid dienone is 13. The average molecular weight is 986 g/mol. The fourth-order valence-corrected chi connectivity index (χ4v) is 8.21. The van der Waals surface area contributed by atoms with Crippen molar-refractivity contribution >= 4 is 19.7 Å². The topological polar surface area (TPSA) is 111 Å². The standard InChI is InChI=1S/C59H105N2O7P/c1-7-10-13-16-19-22-25-27-28-29-30-31-32-34-37-40-43-46-49-52-59(63)68-57(50-47-44-41-38-36-33-26-23-20-17-14-11-8-2)56(55-67-69(64,65)66-54-53-61(4,5)6)60-58(62)51-48-45-42-39-35-24-21-18-15-12-9-3/h10,13,18-19,21-22,27-28,30-31,34,37,47,50,56-57H,7-9,11-12,14-17,20,23-26,29,32-33,35-36,38-46,48-49,51-55H2,1-6H3,(H-,60,62,64,65)/p+1/b13-10-,21-18-,22-19-,28-27-,31-30-,37-34-,50-47-. The summed E-state index contributed by atoms with van der Waals surface area (Å²) >= 11 is 0. The van der Waals surface area contributed by atoms with Crippen molar-refractivity contribution in [3.63, 3.8) is 0 Å². The number of carbonyl (C=O) groups is 2. The Kier molecular flexibility index (Phi) is 46.8. The molecule has 0 rings (SSSR count). The molecule has 0 aliphatic rings. The molecule has 69 heavy (non-hydrogen) atoms. The molecule has 0 spiro atoms. The number of unbranched alkanes of at least 4 members (excludes halogenated alkanes) is 21. The van der Waals surface area contributed by atoms with Gasteiger partial charge in [0, 0.05) is 12.8 Å². The summed E-state index contributed by atoms with van der Waals surface area (Å²) in [5.74, 6) is -0.559. The van der Waals surface area contributed by atoms with Crippen molar-refractivity contribution in [1.82, 2.24) is 5.32 Å². The minimum atomic E-state index is -4.45. The molecular weight excluding hydrogens is 880 g/mol. The number of carbonyl (C=O) groups excluding carboxylic acids is 2. The number of ether oxygens (including phenoxy) is 1. The lowest BCUT2D eigenvalue weighted by Crippen LogP contribution is -2.47. The number of phosphoric acid groups is 1. The molecule has 2 N–H and O–H groups in total. The summed E-state index contributed by atoms with van der Waals surface area (Å²) in [6.07, 6.45) is 62.9. The molecule has 0 aliphatic heterocycles. The van der Waals surface area contributed by atoms with E-state index < -0.39 is 20.0 Å². The van der Waals surface area contributed by atoms with Gasteiger partial charge < -0.3 is 19.4 Å². The molecule has 0 aromatic heterocycles. The van der Waals surface area contributed by atoms with E-state index in [4.69, 9.17) is 13.8 Å². The van der Waals surface area contributed by atoms with Gasteiger partial charge in [-0.15, -0.1) is 0 Å². The lowest BCUT2D eigenvalue weighted by Gasteiger charge is -2.27. The lowest BCUT2D eigenvalue weighted by atomic mass is 10.0. The Morgan fingerprint density at radius 2 is 0.942 bits per heavy atom. The van der Waals surface area contributed by atoms with Gasteiger partial charge in [-0.1, -0.05) is 202 Å². The zero-order chi connectivity index (χ0) is 50.8. The Labute approximate surface area is 425 Å². The highest BCUT2D eigenvalue weighted by Crippen LogP contribution is 2.43. The summed E-state index contributed by atoms with van der Waals surface area (Å²) in [5.41, 5.74) is 0. The van der Waals surface area contributed by atoms with Gasteiger partial charge in [-0.2, -0.15) is 0 Å². The van der Waals surface area contributed by atoms with Crippen molar-refractivity contribution < 1.29 is 37.3 Å². The molecule has 0 aromatic rings. The van der Waals surface area contributed by atoms with E-state index in [1.807, 2.05) is 33.3 Å². The summed E-state index contributed by atoms with van der Waals surface area (Å²) in [6, 6.07) is -0.868. The second-order valence-electron chi connectivity index (χ2n) is 19.7. The number of phosphoric ester groups is 1. The predicted molar refractivity (Wildman–Crippen MR) is 295 cm³/mol. The number of rotatable bonds is 49. The van der Waals surface area contributed by atoms with E-state index >= 15 is 0 Å². The fraction of sp³-hybridized carbons (Fsp3) is 0.729. The van der Waals surface area contributed by atoms with E-state index in [9.17, 15) is 19.0 Å². The maximum atomic E-state index is 13.4. The van der Waals surface area contributed by atoms with E-state index in [2.05, 4.69) is 99.0 Å². The van der Waals surface area contributed by atoms with Crippen LogP contribution >= 0.6 is 7.82 Å². The van der Waals surface area contributed by atoms with E-state index in [1.165, 1.54) is 70.6 Å². The minimum absolute atomic E-state index is 0.0296. The molecule has 0 radical (unpaired) electrons. The monoisotopic (exact) mass is 986 g/mol. The largest absolute Gasteiger partial charge is 0.472 e. The second-order valence-corrected chi connectivity index (χ2v) is 21.2. The van der Waals surface area contributed by atoms with Crippen LogP contribution in [0.25, 0.3) is 0 Å². The fourth-order valence-electron chi connectivity index (χ4n) is 7.48. The second kappa shape index (κ2) is 48.8. The van der Waals surface area contributed by atoms with E-state index in [1.54, 1.807) is 0 Å². The van der Waals surface area contributed by atoms with Gasteiger partial charge in [0.25, 0.3) is 0 Å². The Morgan fingerprint density at radius 3 is 1.46 bits per heavy atom. The first-order valence-corrected chi connectivity index (χ1v) is 29.4. The molecule has 1 amide bonds. The molecule has 3 unspecified atom stereocenters. The van der Waals surface area contributed by atoms with E-state index in [-0.39, 0.29) is 31.5 Å². The van der Waals surface area contributed by atoms with Crippen LogP contribution in [0, 0.1) is 0 Å². The van der Waals surface area contributed by atoms with Crippen LogP contribution in [0.15, 0.2) is 85.1 Å². The molecule has 0 aliphatic carbocycles. The number of nitrogens with one attached hydrogen (secondary N) is 1. The maximum absolute atomic E-state index is 13.4. The zero-order valence-corrected chi connectivity index (χ0v) is 46.2. The maximum Gasteiger partial charge on any atom is 0.472 e. The minimum Gasteiger partial charge on any atom is -0.456 e. The summed E-state index contributed by atoms with van der Waals surface area (Å²) in [7, 11) is 1.46. The zero-order valence-electron chi connectivity index (χ0n) is 45.3. The molecular formula is C59H106N2O7P+. The van der Waals surface area contributed by atoms with Crippen LogP contribution < -0.4 is 5.32 Å². The van der Waals surface area contributed by atoms with E-state index in [0.717, 1.165) is 116 Å². The van der Waals surface area contributed by atoms with Crippen LogP contribution in [0.2, 0.25) is 0 Å². The Bertz CT molecular complexity index is 1460. The molecule has 0 saturated heterocycles. The van der Waals surface area contributed by atoms with E-state index in [0.29, 0.717) is 23.9 Å². The van der Waals surface area contributed by atoms with Crippen LogP contribution in [0.3, 0.4) is 0 Å². The Morgan fingerprint density at radius 1 is 0.522 bits per heavy atom. The smallest absolute Gasteiger partial charge is 0.456 e. The number of quaternary nitrogens is 1. The quantitative estimate of drug-likeness (QED) is 0.0205. The third-order valence-electron chi connectivity index (χ3n) is 11.8. The van der Waals surface area contributed by atoms with Gasteiger partial charge in [-0.3, -0.25) is 18.6 Å². The van der Waals surface area contributed by atoms with Crippen molar-refractivity contribution in [3.05, 3.63) is 85.1 Å². The molecule has 0 aromatic carbocycles. The van der Waals surface area contributed by atoms with Crippen molar-refractivity contribution in [2.75, 3.05) is 40.9 Å².